The molecular weight excluding hydrogens is 482 g/mol. The Hall–Kier alpha value is -4.92. The van der Waals surface area contributed by atoms with Crippen LogP contribution in [0.1, 0.15) is 35.6 Å². The zero-order valence-corrected chi connectivity index (χ0v) is 19.5. The highest BCUT2D eigenvalue weighted by atomic mass is 19.1. The molecular formula is C25H20F2N8O2. The number of fused-ring (bicyclic) bond motifs is 1. The van der Waals surface area contributed by atoms with E-state index in [0.29, 0.717) is 11.3 Å². The van der Waals surface area contributed by atoms with Crippen molar-refractivity contribution in [3.05, 3.63) is 66.3 Å². The number of rotatable bonds is 4. The van der Waals surface area contributed by atoms with Crippen molar-refractivity contribution in [3.63, 3.8) is 0 Å². The van der Waals surface area contributed by atoms with Gasteiger partial charge in [0.05, 0.1) is 12.6 Å². The second-order valence-electron chi connectivity index (χ2n) is 8.25. The highest BCUT2D eigenvalue weighted by molar-refractivity contribution is 6.03. The zero-order chi connectivity index (χ0) is 26.1. The summed E-state index contributed by atoms with van der Waals surface area (Å²) in [7, 11) is 0. The summed E-state index contributed by atoms with van der Waals surface area (Å²) in [5.41, 5.74) is 6.67. The Labute approximate surface area is 209 Å². The van der Waals surface area contributed by atoms with E-state index in [1.165, 1.54) is 42.5 Å². The molecule has 1 fully saturated rings. The van der Waals surface area contributed by atoms with E-state index in [1.807, 2.05) is 0 Å². The first kappa shape index (κ1) is 23.8. The molecule has 4 heterocycles. The van der Waals surface area contributed by atoms with Crippen molar-refractivity contribution >= 4 is 29.1 Å². The van der Waals surface area contributed by atoms with Gasteiger partial charge < -0.3 is 10.6 Å². The van der Waals surface area contributed by atoms with Crippen molar-refractivity contribution < 1.29 is 18.4 Å². The quantitative estimate of drug-likeness (QED) is 0.410. The fraction of sp³-hybridized carbons (Fsp3) is 0.200. The van der Waals surface area contributed by atoms with Gasteiger partial charge in [0.2, 0.25) is 5.95 Å². The summed E-state index contributed by atoms with van der Waals surface area (Å²) in [6.45, 7) is 1.39. The number of amides is 2. The van der Waals surface area contributed by atoms with Gasteiger partial charge in [-0.3, -0.25) is 19.3 Å². The number of hydrogen-bond acceptors (Lipinski definition) is 7. The monoisotopic (exact) mass is 502 g/mol. The molecule has 5 rings (SSSR count). The molecule has 2 atom stereocenters. The van der Waals surface area contributed by atoms with Gasteiger partial charge in [0, 0.05) is 42.3 Å². The molecule has 37 heavy (non-hydrogen) atoms. The van der Waals surface area contributed by atoms with Gasteiger partial charge in [0.15, 0.2) is 0 Å². The molecule has 1 aromatic carbocycles. The van der Waals surface area contributed by atoms with Crippen molar-refractivity contribution in [2.75, 3.05) is 17.6 Å². The van der Waals surface area contributed by atoms with Crippen LogP contribution in [0.15, 0.2) is 49.1 Å². The number of anilines is 2. The highest BCUT2D eigenvalue weighted by Crippen LogP contribution is 2.38. The molecule has 0 bridgehead atoms. The second-order valence-corrected chi connectivity index (χ2v) is 8.25. The molecule has 2 amide bonds. The number of carbonyl (C=O) groups excluding carboxylic acids is 2. The maximum absolute atomic E-state index is 15.4. The van der Waals surface area contributed by atoms with Crippen molar-refractivity contribution in [1.29, 1.82) is 0 Å². The molecule has 0 aliphatic carbocycles. The van der Waals surface area contributed by atoms with E-state index < -0.39 is 29.8 Å². The Morgan fingerprint density at radius 3 is 2.70 bits per heavy atom. The standard InChI is InChI=1S/C25H20F2N8O2/c1-2-4-19(36)35-13-15(26)12-18(35)23-32-20(21-22(28)29-9-10-34(21)23)16-6-5-14(11-17(16)27)24(37)33-25-30-7-3-8-31-25/h3,5-11,15,18H,12-13H2,1H3,(H2,28,29)(H,30,31,33,37)/t15-,18+/m1/s1. The molecule has 3 N–H and O–H groups in total. The predicted octanol–water partition coefficient (Wildman–Crippen LogP) is 2.79. The number of aromatic nitrogens is 5. The summed E-state index contributed by atoms with van der Waals surface area (Å²) in [5, 5.41) is 2.49. The third-order valence-electron chi connectivity index (χ3n) is 5.93. The van der Waals surface area contributed by atoms with Gasteiger partial charge in [-0.15, -0.1) is 0 Å². The van der Waals surface area contributed by atoms with Gasteiger partial charge in [0.25, 0.3) is 11.8 Å². The van der Waals surface area contributed by atoms with Crippen molar-refractivity contribution in [2.24, 2.45) is 0 Å². The largest absolute Gasteiger partial charge is 0.382 e. The first-order valence-corrected chi connectivity index (χ1v) is 11.3. The van der Waals surface area contributed by atoms with E-state index in [4.69, 9.17) is 5.73 Å². The van der Waals surface area contributed by atoms with Gasteiger partial charge in [-0.25, -0.2) is 28.7 Å². The molecule has 4 aromatic rings. The van der Waals surface area contributed by atoms with E-state index in [9.17, 15) is 14.0 Å². The number of nitrogens with one attached hydrogen (secondary N) is 1. The van der Waals surface area contributed by atoms with Crippen LogP contribution in [0, 0.1) is 17.7 Å². The van der Waals surface area contributed by atoms with E-state index in [1.54, 1.807) is 16.7 Å². The molecule has 0 radical (unpaired) electrons. The predicted molar refractivity (Wildman–Crippen MR) is 130 cm³/mol. The van der Waals surface area contributed by atoms with Gasteiger partial charge in [0.1, 0.15) is 34.8 Å². The van der Waals surface area contributed by atoms with E-state index in [0.717, 1.165) is 6.07 Å². The molecule has 1 saturated heterocycles. The molecule has 10 nitrogen and oxygen atoms in total. The lowest BCUT2D eigenvalue weighted by Crippen LogP contribution is -2.31. The Morgan fingerprint density at radius 2 is 1.97 bits per heavy atom. The van der Waals surface area contributed by atoms with Gasteiger partial charge in [-0.05, 0) is 37.1 Å². The van der Waals surface area contributed by atoms with Gasteiger partial charge in [-0.2, -0.15) is 0 Å². The second kappa shape index (κ2) is 9.62. The number of nitrogens with two attached hydrogens (primary N) is 1. The summed E-state index contributed by atoms with van der Waals surface area (Å²) in [4.78, 5) is 42.9. The van der Waals surface area contributed by atoms with E-state index in [-0.39, 0.29) is 41.6 Å². The molecule has 0 spiro atoms. The third-order valence-corrected chi connectivity index (χ3v) is 5.93. The number of likely N-dealkylation sites (tertiary alicyclic amines) is 1. The lowest BCUT2D eigenvalue weighted by atomic mass is 10.1. The minimum atomic E-state index is -1.27. The normalized spacial score (nSPS) is 16.9. The van der Waals surface area contributed by atoms with Crippen LogP contribution in [0.5, 0.6) is 0 Å². The number of halogens is 2. The Bertz CT molecular complexity index is 1580. The third kappa shape index (κ3) is 4.42. The van der Waals surface area contributed by atoms with Crippen LogP contribution in [0.25, 0.3) is 16.8 Å². The summed E-state index contributed by atoms with van der Waals surface area (Å²) in [6, 6.07) is 4.73. The number of hydrogen-bond donors (Lipinski definition) is 2. The Kier molecular flexibility index (Phi) is 6.19. The van der Waals surface area contributed by atoms with Crippen LogP contribution in [0.2, 0.25) is 0 Å². The number of benzene rings is 1. The molecule has 186 valence electrons. The van der Waals surface area contributed by atoms with E-state index >= 15 is 4.39 Å². The lowest BCUT2D eigenvalue weighted by Gasteiger charge is -2.21. The number of imidazole rings is 1. The van der Waals surface area contributed by atoms with Crippen LogP contribution in [0.4, 0.5) is 20.5 Å². The SMILES string of the molecule is CC#CC(=O)N1C[C@H](F)C[C@H]1c1nc(-c2ccc(C(=O)Nc3ncccn3)cc2F)c2c(N)nccn12. The Morgan fingerprint density at radius 1 is 1.19 bits per heavy atom. The summed E-state index contributed by atoms with van der Waals surface area (Å²) >= 11 is 0. The van der Waals surface area contributed by atoms with Crippen molar-refractivity contribution in [3.8, 4) is 23.1 Å². The maximum atomic E-state index is 15.4. The summed E-state index contributed by atoms with van der Waals surface area (Å²) < 4.78 is 31.4. The first-order valence-electron chi connectivity index (χ1n) is 11.3. The minimum Gasteiger partial charge on any atom is -0.382 e. The maximum Gasteiger partial charge on any atom is 0.299 e. The first-order chi connectivity index (χ1) is 17.9. The number of alkyl halides is 1. The van der Waals surface area contributed by atoms with Gasteiger partial charge in [-0.1, -0.05) is 5.92 Å². The molecule has 1 aliphatic rings. The fourth-order valence-corrected chi connectivity index (χ4v) is 4.33. The average Bonchev–Trinajstić information content (AvgIpc) is 3.46. The number of nitrogen functional groups attached to an aromatic ring is 1. The summed E-state index contributed by atoms with van der Waals surface area (Å²) in [5.74, 6) is 3.55. The molecule has 0 saturated carbocycles. The van der Waals surface area contributed by atoms with Crippen LogP contribution >= 0.6 is 0 Å². The van der Waals surface area contributed by atoms with Gasteiger partial charge >= 0.3 is 0 Å². The summed E-state index contributed by atoms with van der Waals surface area (Å²) in [6.07, 6.45) is 4.66. The van der Waals surface area contributed by atoms with Crippen LogP contribution < -0.4 is 11.1 Å². The van der Waals surface area contributed by atoms with Crippen LogP contribution in [-0.4, -0.2) is 53.8 Å². The fourth-order valence-electron chi connectivity index (χ4n) is 4.33. The van der Waals surface area contributed by atoms with Crippen molar-refractivity contribution in [1.82, 2.24) is 29.2 Å². The lowest BCUT2D eigenvalue weighted by molar-refractivity contribution is -0.126. The molecule has 0 unspecified atom stereocenters. The molecule has 1 aliphatic heterocycles. The van der Waals surface area contributed by atoms with Crippen LogP contribution in [0.3, 0.4) is 0 Å². The smallest absolute Gasteiger partial charge is 0.299 e. The average molecular weight is 502 g/mol. The number of nitrogens with zero attached hydrogens (tertiary/aromatic N) is 6. The van der Waals surface area contributed by atoms with Crippen molar-refractivity contribution in [2.45, 2.75) is 25.6 Å². The zero-order valence-electron chi connectivity index (χ0n) is 19.5. The minimum absolute atomic E-state index is 0.00105. The number of carbonyl (C=O) groups is 2. The highest BCUT2D eigenvalue weighted by Gasteiger charge is 2.39. The molecule has 3 aromatic heterocycles. The topological polar surface area (TPSA) is 131 Å². The molecule has 12 heteroatoms. The van der Waals surface area contributed by atoms with E-state index in [2.05, 4.69) is 37.1 Å². The van der Waals surface area contributed by atoms with Crippen LogP contribution in [-0.2, 0) is 4.79 Å². The Balaban J connectivity index is 1.56.